The molecule has 23 heavy (non-hydrogen) atoms. The van der Waals surface area contributed by atoms with Crippen LogP contribution in [0.3, 0.4) is 0 Å². The summed E-state index contributed by atoms with van der Waals surface area (Å²) in [4.78, 5) is 12.0. The van der Waals surface area contributed by atoms with Gasteiger partial charge in [-0.1, -0.05) is 24.3 Å². The van der Waals surface area contributed by atoms with E-state index in [4.69, 9.17) is 0 Å². The predicted molar refractivity (Wildman–Crippen MR) is 70.9 cm³/mol. The van der Waals surface area contributed by atoms with Crippen LogP contribution in [-0.2, 0) is 18.8 Å². The monoisotopic (exact) mass is 332 g/mol. The molecule has 0 heterocycles. The van der Waals surface area contributed by atoms with Crippen LogP contribution in [0.2, 0.25) is 0 Å². The first kappa shape index (κ1) is 17.1. The molecule has 0 bridgehead atoms. The number of alkyl halides is 6. The molecule has 0 radical (unpaired) electrons. The van der Waals surface area contributed by atoms with E-state index in [-0.39, 0.29) is 12.0 Å². The van der Waals surface area contributed by atoms with E-state index in [1.807, 2.05) is 0 Å². The summed E-state index contributed by atoms with van der Waals surface area (Å²) in [6.07, 6.45) is -9.14. The Morgan fingerprint density at radius 1 is 0.696 bits per heavy atom. The van der Waals surface area contributed by atoms with Crippen LogP contribution in [0.25, 0.3) is 0 Å². The van der Waals surface area contributed by atoms with Crippen molar-refractivity contribution < 1.29 is 31.1 Å². The lowest BCUT2D eigenvalue weighted by Gasteiger charge is -2.08. The van der Waals surface area contributed by atoms with Crippen molar-refractivity contribution in [2.24, 2.45) is 0 Å². The first-order chi connectivity index (χ1) is 10.6. The molecule has 0 spiro atoms. The van der Waals surface area contributed by atoms with Crippen molar-refractivity contribution in [2.45, 2.75) is 18.8 Å². The molecule has 1 nitrogen and oxygen atoms in total. The van der Waals surface area contributed by atoms with Crippen LogP contribution in [0.5, 0.6) is 0 Å². The third-order valence-electron chi connectivity index (χ3n) is 3.18. The second-order valence-corrected chi connectivity index (χ2v) is 4.87. The van der Waals surface area contributed by atoms with E-state index >= 15 is 0 Å². The Morgan fingerprint density at radius 3 is 1.48 bits per heavy atom. The van der Waals surface area contributed by atoms with E-state index in [1.54, 1.807) is 0 Å². The molecule has 0 amide bonds. The van der Waals surface area contributed by atoms with E-state index in [9.17, 15) is 31.1 Å². The first-order valence-corrected chi connectivity index (χ1v) is 6.44. The van der Waals surface area contributed by atoms with Crippen LogP contribution in [0.4, 0.5) is 26.3 Å². The zero-order valence-electron chi connectivity index (χ0n) is 11.5. The van der Waals surface area contributed by atoms with E-state index in [1.165, 1.54) is 12.1 Å². The van der Waals surface area contributed by atoms with Gasteiger partial charge in [0, 0.05) is 12.0 Å². The summed E-state index contributed by atoms with van der Waals surface area (Å²) in [6, 6.07) is 7.74. The van der Waals surface area contributed by atoms with Gasteiger partial charge in [0.2, 0.25) is 0 Å². The highest BCUT2D eigenvalue weighted by Gasteiger charge is 2.31. The van der Waals surface area contributed by atoms with Crippen LogP contribution in [0, 0.1) is 0 Å². The molecule has 0 N–H and O–H groups in total. The van der Waals surface area contributed by atoms with Crippen LogP contribution in [0.1, 0.15) is 27.0 Å². The van der Waals surface area contributed by atoms with Gasteiger partial charge in [-0.15, -0.1) is 0 Å². The highest BCUT2D eigenvalue weighted by molar-refractivity contribution is 5.97. The number of ketones is 1. The average molecular weight is 332 g/mol. The van der Waals surface area contributed by atoms with Gasteiger partial charge in [0.25, 0.3) is 0 Å². The summed E-state index contributed by atoms with van der Waals surface area (Å²) in [5.41, 5.74) is -1.28. The average Bonchev–Trinajstić information content (AvgIpc) is 2.46. The molecular weight excluding hydrogens is 322 g/mol. The maximum atomic E-state index is 12.4. The fourth-order valence-electron chi connectivity index (χ4n) is 1.94. The van der Waals surface area contributed by atoms with Crippen LogP contribution < -0.4 is 0 Å². The molecule has 7 heteroatoms. The third kappa shape index (κ3) is 4.34. The zero-order chi connectivity index (χ0) is 17.3. The molecule has 2 aromatic rings. The smallest absolute Gasteiger partial charge is 0.294 e. The highest BCUT2D eigenvalue weighted by Crippen LogP contribution is 2.30. The Bertz CT molecular complexity index is 680. The summed E-state index contributed by atoms with van der Waals surface area (Å²) in [7, 11) is 0. The highest BCUT2D eigenvalue weighted by atomic mass is 19.4. The van der Waals surface area contributed by atoms with E-state index in [0.29, 0.717) is 5.56 Å². The summed E-state index contributed by atoms with van der Waals surface area (Å²) in [6.45, 7) is 0. The Kier molecular flexibility index (Phi) is 4.49. The molecule has 0 aliphatic heterocycles. The minimum absolute atomic E-state index is 0.0675. The third-order valence-corrected chi connectivity index (χ3v) is 3.18. The van der Waals surface area contributed by atoms with Crippen molar-refractivity contribution in [2.75, 3.05) is 0 Å². The second-order valence-electron chi connectivity index (χ2n) is 4.87. The molecule has 0 aliphatic carbocycles. The number of rotatable bonds is 3. The Morgan fingerprint density at radius 2 is 1.09 bits per heavy atom. The molecule has 0 fully saturated rings. The van der Waals surface area contributed by atoms with Crippen LogP contribution in [-0.4, -0.2) is 5.78 Å². The first-order valence-electron chi connectivity index (χ1n) is 6.44. The molecule has 122 valence electrons. The van der Waals surface area contributed by atoms with Crippen molar-refractivity contribution >= 4 is 5.78 Å². The van der Waals surface area contributed by atoms with Gasteiger partial charge in [0.05, 0.1) is 11.1 Å². The van der Waals surface area contributed by atoms with Crippen LogP contribution in [0.15, 0.2) is 48.5 Å². The normalized spacial score (nSPS) is 12.3. The van der Waals surface area contributed by atoms with Crippen molar-refractivity contribution in [3.05, 3.63) is 70.8 Å². The molecule has 0 saturated carbocycles. The zero-order valence-corrected chi connectivity index (χ0v) is 11.5. The fraction of sp³-hybridized carbons (Fsp3) is 0.188. The molecule has 2 rings (SSSR count). The standard InChI is InChI=1S/C16H10F6O/c17-15(18,19)12-5-1-10(2-6-12)9-14(23)11-3-7-13(8-4-11)16(20,21)22/h1-8H,9H2. The van der Waals surface area contributed by atoms with Crippen molar-refractivity contribution in [3.63, 3.8) is 0 Å². The van der Waals surface area contributed by atoms with Crippen molar-refractivity contribution in [1.82, 2.24) is 0 Å². The number of halogens is 6. The van der Waals surface area contributed by atoms with Gasteiger partial charge < -0.3 is 0 Å². The Balaban J connectivity index is 2.10. The maximum absolute atomic E-state index is 12.4. The van der Waals surface area contributed by atoms with Gasteiger partial charge in [0.1, 0.15) is 0 Å². The lowest BCUT2D eigenvalue weighted by molar-refractivity contribution is -0.138. The minimum atomic E-state index is -4.49. The molecule has 0 atom stereocenters. The molecule has 2 aromatic carbocycles. The quantitative estimate of drug-likeness (QED) is 0.561. The van der Waals surface area contributed by atoms with Gasteiger partial charge in [0.15, 0.2) is 5.78 Å². The van der Waals surface area contributed by atoms with Gasteiger partial charge in [-0.25, -0.2) is 0 Å². The summed E-state index contributed by atoms with van der Waals surface area (Å²) < 4.78 is 74.5. The largest absolute Gasteiger partial charge is 0.416 e. The predicted octanol–water partition coefficient (Wildman–Crippen LogP) is 5.15. The molecule has 0 unspecified atom stereocenters. The van der Waals surface area contributed by atoms with Gasteiger partial charge >= 0.3 is 12.4 Å². The van der Waals surface area contributed by atoms with Gasteiger partial charge in [-0.2, -0.15) is 26.3 Å². The fourth-order valence-corrected chi connectivity index (χ4v) is 1.94. The number of carbonyl (C=O) groups excluding carboxylic acids is 1. The van der Waals surface area contributed by atoms with Gasteiger partial charge in [-0.05, 0) is 29.8 Å². The second kappa shape index (κ2) is 6.06. The minimum Gasteiger partial charge on any atom is -0.294 e. The number of hydrogen-bond donors (Lipinski definition) is 0. The number of benzene rings is 2. The Labute approximate surface area is 127 Å². The van der Waals surface area contributed by atoms with Crippen molar-refractivity contribution in [1.29, 1.82) is 0 Å². The molecule has 0 saturated heterocycles. The summed E-state index contributed by atoms with van der Waals surface area (Å²) in [5, 5.41) is 0. The topological polar surface area (TPSA) is 17.1 Å². The number of hydrogen-bond acceptors (Lipinski definition) is 1. The molecular formula is C16H10F6O. The van der Waals surface area contributed by atoms with Crippen LogP contribution >= 0.6 is 0 Å². The summed E-state index contributed by atoms with van der Waals surface area (Å²) in [5.74, 6) is -0.474. The summed E-state index contributed by atoms with van der Waals surface area (Å²) >= 11 is 0. The van der Waals surface area contributed by atoms with Gasteiger partial charge in [-0.3, -0.25) is 4.79 Å². The van der Waals surface area contributed by atoms with E-state index < -0.39 is 29.3 Å². The lowest BCUT2D eigenvalue weighted by Crippen LogP contribution is -2.08. The van der Waals surface area contributed by atoms with Crippen molar-refractivity contribution in [3.8, 4) is 0 Å². The van der Waals surface area contributed by atoms with E-state index in [2.05, 4.69) is 0 Å². The van der Waals surface area contributed by atoms with E-state index in [0.717, 1.165) is 36.4 Å². The molecule has 0 aromatic heterocycles. The SMILES string of the molecule is O=C(Cc1ccc(C(F)(F)F)cc1)c1ccc(C(F)(F)F)cc1. The lowest BCUT2D eigenvalue weighted by atomic mass is 10.0. The molecule has 0 aliphatic rings. The maximum Gasteiger partial charge on any atom is 0.416 e. The number of Topliss-reactive ketones (excluding diaryl/α,β-unsaturated/α-hetero) is 1. The number of carbonyl (C=O) groups is 1. The Hall–Kier alpha value is -2.31.